The van der Waals surface area contributed by atoms with Crippen molar-refractivity contribution >= 4 is 5.97 Å². The second kappa shape index (κ2) is 4.10. The van der Waals surface area contributed by atoms with Crippen molar-refractivity contribution in [2.24, 2.45) is 0 Å². The standard InChI is InChI=1S/C11H18O4/c1-11(6-10(12)13-2)7-14-8-4-3-5-9(8)15-11/h8-9H,3-7H2,1-2H3/t8-,9+,11-/m0/s1. The lowest BCUT2D eigenvalue weighted by Gasteiger charge is -2.39. The van der Waals surface area contributed by atoms with E-state index in [0.717, 1.165) is 19.3 Å². The molecule has 0 bridgehead atoms. The minimum atomic E-state index is -0.501. The number of fused-ring (bicyclic) bond motifs is 1. The molecule has 0 spiro atoms. The first-order valence-corrected chi connectivity index (χ1v) is 5.49. The monoisotopic (exact) mass is 214 g/mol. The topological polar surface area (TPSA) is 44.8 Å². The van der Waals surface area contributed by atoms with E-state index in [1.807, 2.05) is 6.92 Å². The van der Waals surface area contributed by atoms with Gasteiger partial charge in [0.05, 0.1) is 37.9 Å². The molecule has 0 aromatic carbocycles. The summed E-state index contributed by atoms with van der Waals surface area (Å²) in [5.74, 6) is -0.238. The highest BCUT2D eigenvalue weighted by atomic mass is 16.6. The Labute approximate surface area is 89.9 Å². The van der Waals surface area contributed by atoms with Crippen LogP contribution in [-0.2, 0) is 19.0 Å². The summed E-state index contributed by atoms with van der Waals surface area (Å²) in [5, 5.41) is 0. The van der Waals surface area contributed by atoms with Gasteiger partial charge in [0.1, 0.15) is 0 Å². The lowest BCUT2D eigenvalue weighted by Crippen LogP contribution is -2.49. The van der Waals surface area contributed by atoms with E-state index in [-0.39, 0.29) is 24.6 Å². The Bertz CT molecular complexity index is 253. The maximum absolute atomic E-state index is 11.2. The first-order chi connectivity index (χ1) is 7.13. The van der Waals surface area contributed by atoms with E-state index in [2.05, 4.69) is 4.74 Å². The highest BCUT2D eigenvalue weighted by Crippen LogP contribution is 2.35. The number of hydrogen-bond donors (Lipinski definition) is 0. The van der Waals surface area contributed by atoms with Crippen molar-refractivity contribution in [1.82, 2.24) is 0 Å². The molecule has 4 nitrogen and oxygen atoms in total. The van der Waals surface area contributed by atoms with Crippen LogP contribution in [0.4, 0.5) is 0 Å². The summed E-state index contributed by atoms with van der Waals surface area (Å²) in [6.45, 7) is 2.40. The van der Waals surface area contributed by atoms with Crippen LogP contribution in [0.15, 0.2) is 0 Å². The normalized spacial score (nSPS) is 39.9. The third kappa shape index (κ3) is 2.32. The predicted molar refractivity (Wildman–Crippen MR) is 53.5 cm³/mol. The fourth-order valence-corrected chi connectivity index (χ4v) is 2.37. The van der Waals surface area contributed by atoms with E-state index in [9.17, 15) is 4.79 Å². The van der Waals surface area contributed by atoms with Gasteiger partial charge in [0.2, 0.25) is 0 Å². The van der Waals surface area contributed by atoms with Crippen LogP contribution >= 0.6 is 0 Å². The van der Waals surface area contributed by atoms with Crippen molar-refractivity contribution in [3.63, 3.8) is 0 Å². The molecule has 1 aliphatic heterocycles. The minimum absolute atomic E-state index is 0.174. The Morgan fingerprint density at radius 1 is 1.47 bits per heavy atom. The van der Waals surface area contributed by atoms with Crippen LogP contribution in [0.5, 0.6) is 0 Å². The van der Waals surface area contributed by atoms with Crippen molar-refractivity contribution in [2.75, 3.05) is 13.7 Å². The number of carbonyl (C=O) groups excluding carboxylic acids is 1. The van der Waals surface area contributed by atoms with Gasteiger partial charge < -0.3 is 14.2 Å². The van der Waals surface area contributed by atoms with Gasteiger partial charge in [-0.05, 0) is 26.2 Å². The molecule has 1 saturated heterocycles. The molecule has 1 heterocycles. The van der Waals surface area contributed by atoms with Gasteiger partial charge in [-0.1, -0.05) is 0 Å². The van der Waals surface area contributed by atoms with Crippen LogP contribution in [0.2, 0.25) is 0 Å². The summed E-state index contributed by atoms with van der Waals surface area (Å²) in [7, 11) is 1.40. The quantitative estimate of drug-likeness (QED) is 0.649. The van der Waals surface area contributed by atoms with Crippen molar-refractivity contribution < 1.29 is 19.0 Å². The van der Waals surface area contributed by atoms with Gasteiger partial charge in [-0.25, -0.2) is 0 Å². The maximum Gasteiger partial charge on any atom is 0.308 e. The molecule has 0 amide bonds. The summed E-state index contributed by atoms with van der Waals surface area (Å²) >= 11 is 0. The van der Waals surface area contributed by atoms with Gasteiger partial charge in [0.15, 0.2) is 0 Å². The molecule has 0 N–H and O–H groups in total. The smallest absolute Gasteiger partial charge is 0.308 e. The number of ether oxygens (including phenoxy) is 3. The molecule has 2 rings (SSSR count). The number of esters is 1. The van der Waals surface area contributed by atoms with Crippen LogP contribution in [0, 0.1) is 0 Å². The van der Waals surface area contributed by atoms with E-state index < -0.39 is 5.60 Å². The average molecular weight is 214 g/mol. The van der Waals surface area contributed by atoms with Crippen LogP contribution in [0.3, 0.4) is 0 Å². The fourth-order valence-electron chi connectivity index (χ4n) is 2.37. The van der Waals surface area contributed by atoms with Crippen molar-refractivity contribution in [3.8, 4) is 0 Å². The zero-order valence-corrected chi connectivity index (χ0v) is 9.32. The highest BCUT2D eigenvalue weighted by Gasteiger charge is 2.43. The summed E-state index contributed by atoms with van der Waals surface area (Å²) in [5.41, 5.74) is -0.501. The Morgan fingerprint density at radius 2 is 2.20 bits per heavy atom. The number of methoxy groups -OCH3 is 1. The zero-order chi connectivity index (χ0) is 10.9. The molecular formula is C11H18O4. The van der Waals surface area contributed by atoms with Crippen molar-refractivity contribution in [2.45, 2.75) is 50.4 Å². The third-order valence-electron chi connectivity index (χ3n) is 3.18. The molecule has 0 unspecified atom stereocenters. The second-order valence-electron chi connectivity index (χ2n) is 4.64. The predicted octanol–water partition coefficient (Wildman–Crippen LogP) is 1.28. The van der Waals surface area contributed by atoms with Crippen LogP contribution in [-0.4, -0.2) is 37.5 Å². The molecule has 1 saturated carbocycles. The average Bonchev–Trinajstić information content (AvgIpc) is 2.63. The summed E-state index contributed by atoms with van der Waals surface area (Å²) in [6.07, 6.45) is 3.97. The fraction of sp³-hybridized carbons (Fsp3) is 0.909. The van der Waals surface area contributed by atoms with E-state index >= 15 is 0 Å². The molecule has 1 aliphatic carbocycles. The van der Waals surface area contributed by atoms with E-state index in [4.69, 9.17) is 9.47 Å². The lowest BCUT2D eigenvalue weighted by molar-refractivity contribution is -0.219. The molecule has 2 aliphatic rings. The number of hydrogen-bond acceptors (Lipinski definition) is 4. The first kappa shape index (κ1) is 10.9. The van der Waals surface area contributed by atoms with Crippen LogP contribution in [0.1, 0.15) is 32.6 Å². The zero-order valence-electron chi connectivity index (χ0n) is 9.32. The van der Waals surface area contributed by atoms with E-state index in [1.165, 1.54) is 7.11 Å². The molecule has 0 radical (unpaired) electrons. The molecule has 2 fully saturated rings. The van der Waals surface area contributed by atoms with Crippen molar-refractivity contribution in [3.05, 3.63) is 0 Å². The molecule has 15 heavy (non-hydrogen) atoms. The van der Waals surface area contributed by atoms with Gasteiger partial charge in [-0.15, -0.1) is 0 Å². The van der Waals surface area contributed by atoms with E-state index in [1.54, 1.807) is 0 Å². The highest BCUT2D eigenvalue weighted by molar-refractivity contribution is 5.70. The molecule has 3 atom stereocenters. The van der Waals surface area contributed by atoms with E-state index in [0.29, 0.717) is 6.61 Å². The Kier molecular flexibility index (Phi) is 2.98. The summed E-state index contributed by atoms with van der Waals surface area (Å²) in [4.78, 5) is 11.2. The van der Waals surface area contributed by atoms with Gasteiger partial charge in [0.25, 0.3) is 0 Å². The maximum atomic E-state index is 11.2. The van der Waals surface area contributed by atoms with Gasteiger partial charge in [-0.2, -0.15) is 0 Å². The summed E-state index contributed by atoms with van der Waals surface area (Å²) in [6, 6.07) is 0. The number of rotatable bonds is 2. The third-order valence-corrected chi connectivity index (χ3v) is 3.18. The molecular weight excluding hydrogens is 196 g/mol. The van der Waals surface area contributed by atoms with Crippen LogP contribution in [0.25, 0.3) is 0 Å². The van der Waals surface area contributed by atoms with Gasteiger partial charge >= 0.3 is 5.97 Å². The second-order valence-corrected chi connectivity index (χ2v) is 4.64. The first-order valence-electron chi connectivity index (χ1n) is 5.49. The Balaban J connectivity index is 1.95. The minimum Gasteiger partial charge on any atom is -0.469 e. The molecule has 0 aromatic rings. The van der Waals surface area contributed by atoms with Crippen LogP contribution < -0.4 is 0 Å². The SMILES string of the molecule is COC(=O)C[C@@]1(C)CO[C@H]2CCC[C@H]2O1. The molecule has 0 aromatic heterocycles. The number of carbonyl (C=O) groups is 1. The van der Waals surface area contributed by atoms with Gasteiger partial charge in [-0.3, -0.25) is 4.79 Å². The van der Waals surface area contributed by atoms with Gasteiger partial charge in [0, 0.05) is 0 Å². The molecule has 86 valence electrons. The molecule has 4 heteroatoms. The lowest BCUT2D eigenvalue weighted by atomic mass is 10.0. The Morgan fingerprint density at radius 3 is 2.93 bits per heavy atom. The summed E-state index contributed by atoms with van der Waals surface area (Å²) < 4.78 is 16.3. The van der Waals surface area contributed by atoms with Crippen molar-refractivity contribution in [1.29, 1.82) is 0 Å². The Hall–Kier alpha value is -0.610. The largest absolute Gasteiger partial charge is 0.469 e.